The van der Waals surface area contributed by atoms with E-state index in [-0.39, 0.29) is 42.0 Å². The highest BCUT2D eigenvalue weighted by atomic mass is 16.2. The van der Waals surface area contributed by atoms with Crippen molar-refractivity contribution >= 4 is 23.5 Å². The molecule has 0 bridgehead atoms. The molecule has 7 heteroatoms. The number of nitrogens with zero attached hydrogens (tertiary/aromatic N) is 1. The van der Waals surface area contributed by atoms with Crippen LogP contribution >= 0.6 is 0 Å². The lowest BCUT2D eigenvalue weighted by molar-refractivity contribution is -0.132. The summed E-state index contributed by atoms with van der Waals surface area (Å²) in [5.41, 5.74) is -0.347. The highest BCUT2D eigenvalue weighted by molar-refractivity contribution is 5.90. The highest BCUT2D eigenvalue weighted by Crippen LogP contribution is 2.25. The Morgan fingerprint density at radius 3 is 1.72 bits per heavy atom. The molecule has 7 nitrogen and oxygen atoms in total. The summed E-state index contributed by atoms with van der Waals surface area (Å²) in [5, 5.41) is 5.12. The van der Waals surface area contributed by atoms with Crippen molar-refractivity contribution in [1.29, 1.82) is 0 Å². The molecule has 1 fully saturated rings. The first-order chi connectivity index (χ1) is 11.6. The van der Waals surface area contributed by atoms with Gasteiger partial charge in [0.25, 0.3) is 0 Å². The SMILES string of the molecule is CNC(=O)[C@H]1CN(C(=O)CCCCC(=O)C(C)(C)C)C[C@H]1C(=O)NC. The number of unbranched alkanes of at least 4 members (excludes halogenated alkanes) is 1. The zero-order valence-electron chi connectivity index (χ0n) is 16.0. The third-order valence-corrected chi connectivity index (χ3v) is 4.72. The number of ketones is 1. The first-order valence-corrected chi connectivity index (χ1v) is 8.86. The van der Waals surface area contributed by atoms with Gasteiger partial charge in [0.15, 0.2) is 0 Å². The van der Waals surface area contributed by atoms with Crippen LogP contribution in [0.1, 0.15) is 46.5 Å². The average molecular weight is 353 g/mol. The third-order valence-electron chi connectivity index (χ3n) is 4.72. The lowest BCUT2D eigenvalue weighted by atomic mass is 9.88. The lowest BCUT2D eigenvalue weighted by Crippen LogP contribution is -2.39. The summed E-state index contributed by atoms with van der Waals surface area (Å²) in [6.45, 7) is 6.20. The van der Waals surface area contributed by atoms with Gasteiger partial charge in [0.1, 0.15) is 5.78 Å². The van der Waals surface area contributed by atoms with Crippen molar-refractivity contribution in [2.45, 2.75) is 46.5 Å². The van der Waals surface area contributed by atoms with Crippen molar-refractivity contribution in [3.8, 4) is 0 Å². The molecular weight excluding hydrogens is 322 g/mol. The van der Waals surface area contributed by atoms with Gasteiger partial charge in [-0.25, -0.2) is 0 Å². The van der Waals surface area contributed by atoms with E-state index < -0.39 is 11.8 Å². The Hall–Kier alpha value is -1.92. The second kappa shape index (κ2) is 8.97. The van der Waals surface area contributed by atoms with Crippen molar-refractivity contribution in [1.82, 2.24) is 15.5 Å². The molecule has 0 unspecified atom stereocenters. The first kappa shape index (κ1) is 21.1. The molecule has 0 saturated carbocycles. The fraction of sp³-hybridized carbons (Fsp3) is 0.778. The molecule has 3 amide bonds. The summed E-state index contributed by atoms with van der Waals surface area (Å²) >= 11 is 0. The number of carbonyl (C=O) groups excluding carboxylic acids is 4. The van der Waals surface area contributed by atoms with Gasteiger partial charge in [0, 0.05) is 45.4 Å². The molecule has 1 rings (SSSR count). The average Bonchev–Trinajstić information content (AvgIpc) is 3.01. The number of Topliss-reactive ketones (excluding diaryl/α,β-unsaturated/α-hetero) is 1. The normalized spacial score (nSPS) is 20.3. The number of carbonyl (C=O) groups is 4. The van der Waals surface area contributed by atoms with E-state index in [9.17, 15) is 19.2 Å². The van der Waals surface area contributed by atoms with E-state index in [2.05, 4.69) is 10.6 Å². The van der Waals surface area contributed by atoms with E-state index in [4.69, 9.17) is 0 Å². The number of likely N-dealkylation sites (tertiary alicyclic amines) is 1. The molecule has 1 saturated heterocycles. The minimum absolute atomic E-state index is 0.0662. The standard InChI is InChI=1S/C18H31N3O4/c1-18(2,3)14(22)8-6-7-9-15(23)21-10-12(16(24)19-4)13(11-21)17(25)20-5/h12-13H,6-11H2,1-5H3,(H,19,24)(H,20,25)/t12-,13+. The van der Waals surface area contributed by atoms with Gasteiger partial charge < -0.3 is 15.5 Å². The highest BCUT2D eigenvalue weighted by Gasteiger charge is 2.42. The van der Waals surface area contributed by atoms with Crippen molar-refractivity contribution in [2.75, 3.05) is 27.2 Å². The predicted octanol–water partition coefficient (Wildman–Crippen LogP) is 0.729. The van der Waals surface area contributed by atoms with Gasteiger partial charge in [-0.3, -0.25) is 19.2 Å². The van der Waals surface area contributed by atoms with Gasteiger partial charge in [-0.1, -0.05) is 20.8 Å². The van der Waals surface area contributed by atoms with Crippen LogP contribution in [0.5, 0.6) is 0 Å². The molecule has 142 valence electrons. The Labute approximate surface area is 149 Å². The Kier molecular flexibility index (Phi) is 7.58. The topological polar surface area (TPSA) is 95.6 Å². The van der Waals surface area contributed by atoms with E-state index >= 15 is 0 Å². The van der Waals surface area contributed by atoms with Gasteiger partial charge in [-0.15, -0.1) is 0 Å². The molecule has 0 aromatic carbocycles. The first-order valence-electron chi connectivity index (χ1n) is 8.86. The number of rotatable bonds is 7. The second-order valence-electron chi connectivity index (χ2n) is 7.62. The predicted molar refractivity (Wildman–Crippen MR) is 94.6 cm³/mol. The van der Waals surface area contributed by atoms with Crippen LogP contribution in [0.4, 0.5) is 0 Å². The smallest absolute Gasteiger partial charge is 0.225 e. The zero-order chi connectivity index (χ0) is 19.2. The Balaban J connectivity index is 2.52. The molecule has 0 aliphatic carbocycles. The molecule has 1 aliphatic rings. The van der Waals surface area contributed by atoms with Gasteiger partial charge >= 0.3 is 0 Å². The van der Waals surface area contributed by atoms with Crippen LogP contribution in [0.2, 0.25) is 0 Å². The summed E-state index contributed by atoms with van der Waals surface area (Å²) in [6.07, 6.45) is 2.11. The summed E-state index contributed by atoms with van der Waals surface area (Å²) in [4.78, 5) is 49.8. The maximum Gasteiger partial charge on any atom is 0.225 e. The van der Waals surface area contributed by atoms with Gasteiger partial charge in [-0.05, 0) is 12.8 Å². The molecular formula is C18H31N3O4. The van der Waals surface area contributed by atoms with E-state index in [1.54, 1.807) is 4.90 Å². The van der Waals surface area contributed by atoms with Crippen LogP contribution < -0.4 is 10.6 Å². The third kappa shape index (κ3) is 5.83. The summed E-state index contributed by atoms with van der Waals surface area (Å²) in [5.74, 6) is -1.35. The Morgan fingerprint density at radius 1 is 0.880 bits per heavy atom. The molecule has 1 aliphatic heterocycles. The molecule has 0 aromatic heterocycles. The Bertz CT molecular complexity index is 501. The number of hydrogen-bond donors (Lipinski definition) is 2. The second-order valence-corrected chi connectivity index (χ2v) is 7.62. The molecule has 0 aromatic rings. The molecule has 2 atom stereocenters. The number of amides is 3. The van der Waals surface area contributed by atoms with Crippen LogP contribution in [0.3, 0.4) is 0 Å². The molecule has 0 radical (unpaired) electrons. The Morgan fingerprint density at radius 2 is 1.32 bits per heavy atom. The van der Waals surface area contributed by atoms with Crippen LogP contribution in [-0.4, -0.2) is 55.6 Å². The van der Waals surface area contributed by atoms with Crippen LogP contribution in [0.25, 0.3) is 0 Å². The van der Waals surface area contributed by atoms with E-state index in [1.807, 2.05) is 20.8 Å². The number of hydrogen-bond acceptors (Lipinski definition) is 4. The minimum atomic E-state index is -0.517. The fourth-order valence-corrected chi connectivity index (χ4v) is 3.00. The minimum Gasteiger partial charge on any atom is -0.359 e. The zero-order valence-corrected chi connectivity index (χ0v) is 16.0. The largest absolute Gasteiger partial charge is 0.359 e. The van der Waals surface area contributed by atoms with Crippen molar-refractivity contribution < 1.29 is 19.2 Å². The van der Waals surface area contributed by atoms with Gasteiger partial charge in [-0.2, -0.15) is 0 Å². The van der Waals surface area contributed by atoms with Gasteiger partial charge in [0.05, 0.1) is 11.8 Å². The quantitative estimate of drug-likeness (QED) is 0.660. The van der Waals surface area contributed by atoms with Crippen LogP contribution in [0, 0.1) is 17.3 Å². The maximum absolute atomic E-state index is 12.4. The number of nitrogens with one attached hydrogen (secondary N) is 2. The lowest BCUT2D eigenvalue weighted by Gasteiger charge is -2.17. The fourth-order valence-electron chi connectivity index (χ4n) is 3.00. The summed E-state index contributed by atoms with van der Waals surface area (Å²) in [7, 11) is 3.06. The van der Waals surface area contributed by atoms with Crippen molar-refractivity contribution in [3.63, 3.8) is 0 Å². The van der Waals surface area contributed by atoms with Crippen LogP contribution in [-0.2, 0) is 19.2 Å². The van der Waals surface area contributed by atoms with Crippen LogP contribution in [0.15, 0.2) is 0 Å². The monoisotopic (exact) mass is 353 g/mol. The van der Waals surface area contributed by atoms with E-state index in [0.717, 1.165) is 0 Å². The van der Waals surface area contributed by atoms with Crippen molar-refractivity contribution in [2.24, 2.45) is 17.3 Å². The molecule has 1 heterocycles. The van der Waals surface area contributed by atoms with Gasteiger partial charge in [0.2, 0.25) is 17.7 Å². The maximum atomic E-state index is 12.4. The van der Waals surface area contributed by atoms with Crippen molar-refractivity contribution in [3.05, 3.63) is 0 Å². The van der Waals surface area contributed by atoms with E-state index in [1.165, 1.54) is 14.1 Å². The summed E-state index contributed by atoms with van der Waals surface area (Å²) < 4.78 is 0. The molecule has 2 N–H and O–H groups in total. The molecule has 25 heavy (non-hydrogen) atoms. The summed E-state index contributed by atoms with van der Waals surface area (Å²) in [6, 6.07) is 0. The van der Waals surface area contributed by atoms with E-state index in [0.29, 0.717) is 25.7 Å². The molecule has 0 spiro atoms.